The molecular weight excluding hydrogens is 254 g/mol. The van der Waals surface area contributed by atoms with E-state index in [0.29, 0.717) is 12.5 Å². The zero-order valence-corrected chi connectivity index (χ0v) is 10.1. The van der Waals surface area contributed by atoms with E-state index >= 15 is 0 Å². The lowest BCUT2D eigenvalue weighted by atomic mass is 10.1. The molecule has 2 aromatic rings. The molecule has 1 aromatic carbocycles. The first-order chi connectivity index (χ1) is 8.66. The van der Waals surface area contributed by atoms with Crippen LogP contribution in [0.2, 0.25) is 5.02 Å². The minimum absolute atomic E-state index is 0.0879. The number of carboxylic acids is 1. The summed E-state index contributed by atoms with van der Waals surface area (Å²) < 4.78 is 0. The molecule has 0 aliphatic carbocycles. The summed E-state index contributed by atoms with van der Waals surface area (Å²) in [6.45, 7) is 0.432. The van der Waals surface area contributed by atoms with Crippen LogP contribution in [-0.2, 0) is 6.54 Å². The summed E-state index contributed by atoms with van der Waals surface area (Å²) in [5.74, 6) is -0.554. The zero-order chi connectivity index (χ0) is 13.0. The van der Waals surface area contributed by atoms with Crippen molar-refractivity contribution < 1.29 is 9.90 Å². The van der Waals surface area contributed by atoms with Gasteiger partial charge < -0.3 is 10.4 Å². The third-order valence-corrected chi connectivity index (χ3v) is 2.61. The molecule has 92 valence electrons. The topological polar surface area (TPSA) is 75.1 Å². The number of carboxylic acid groups (broad SMARTS) is 1. The van der Waals surface area contributed by atoms with E-state index in [9.17, 15) is 4.79 Å². The number of aromatic carboxylic acids is 1. The van der Waals surface area contributed by atoms with Gasteiger partial charge in [0.15, 0.2) is 0 Å². The van der Waals surface area contributed by atoms with E-state index in [1.807, 2.05) is 0 Å². The van der Waals surface area contributed by atoms with E-state index in [1.54, 1.807) is 30.6 Å². The van der Waals surface area contributed by atoms with Crippen molar-refractivity contribution in [3.8, 4) is 0 Å². The van der Waals surface area contributed by atoms with Crippen molar-refractivity contribution in [2.24, 2.45) is 0 Å². The van der Waals surface area contributed by atoms with Crippen LogP contribution in [-0.4, -0.2) is 21.0 Å². The first kappa shape index (κ1) is 12.3. The molecule has 0 saturated heterocycles. The van der Waals surface area contributed by atoms with Gasteiger partial charge in [-0.3, -0.25) is 0 Å². The number of aromatic nitrogens is 2. The van der Waals surface area contributed by atoms with Gasteiger partial charge in [0.05, 0.1) is 10.6 Å². The van der Waals surface area contributed by atoms with Gasteiger partial charge in [0.2, 0.25) is 5.95 Å². The standard InChI is InChI=1S/C12H10ClN3O2/c13-10-3-2-8(6-9(10)11(17)18)7-16-12-14-4-1-5-15-12/h1-6H,7H2,(H,17,18)(H,14,15,16). The second kappa shape index (κ2) is 5.46. The number of benzene rings is 1. The van der Waals surface area contributed by atoms with Crippen molar-refractivity contribution in [2.45, 2.75) is 6.54 Å². The summed E-state index contributed by atoms with van der Waals surface area (Å²) >= 11 is 5.78. The highest BCUT2D eigenvalue weighted by Crippen LogP contribution is 2.18. The van der Waals surface area contributed by atoms with Crippen molar-refractivity contribution in [1.82, 2.24) is 9.97 Å². The van der Waals surface area contributed by atoms with Crippen molar-refractivity contribution in [1.29, 1.82) is 0 Å². The first-order valence-electron chi connectivity index (χ1n) is 5.19. The highest BCUT2D eigenvalue weighted by Gasteiger charge is 2.09. The van der Waals surface area contributed by atoms with Gasteiger partial charge in [0.25, 0.3) is 0 Å². The van der Waals surface area contributed by atoms with E-state index < -0.39 is 5.97 Å². The average molecular weight is 264 g/mol. The number of halogens is 1. The maximum Gasteiger partial charge on any atom is 0.337 e. The zero-order valence-electron chi connectivity index (χ0n) is 9.30. The summed E-state index contributed by atoms with van der Waals surface area (Å²) in [5, 5.41) is 12.2. The van der Waals surface area contributed by atoms with Crippen LogP contribution in [0.3, 0.4) is 0 Å². The smallest absolute Gasteiger partial charge is 0.337 e. The van der Waals surface area contributed by atoms with Gasteiger partial charge in [-0.15, -0.1) is 0 Å². The highest BCUT2D eigenvalue weighted by atomic mass is 35.5. The third-order valence-electron chi connectivity index (χ3n) is 2.28. The van der Waals surface area contributed by atoms with Crippen LogP contribution in [0.15, 0.2) is 36.7 Å². The molecule has 0 radical (unpaired) electrons. The Morgan fingerprint density at radius 1 is 1.33 bits per heavy atom. The Labute approximate surface area is 108 Å². The van der Waals surface area contributed by atoms with Crippen molar-refractivity contribution >= 4 is 23.5 Å². The van der Waals surface area contributed by atoms with E-state index in [2.05, 4.69) is 15.3 Å². The van der Waals surface area contributed by atoms with E-state index in [4.69, 9.17) is 16.7 Å². The molecule has 6 heteroatoms. The van der Waals surface area contributed by atoms with Crippen LogP contribution in [0, 0.1) is 0 Å². The molecule has 1 heterocycles. The number of anilines is 1. The molecular formula is C12H10ClN3O2. The third kappa shape index (κ3) is 2.95. The molecule has 2 N–H and O–H groups in total. The van der Waals surface area contributed by atoms with Crippen molar-refractivity contribution in [3.05, 3.63) is 52.8 Å². The fraction of sp³-hybridized carbons (Fsp3) is 0.0833. The Bertz CT molecular complexity index is 561. The summed E-state index contributed by atoms with van der Waals surface area (Å²) in [6, 6.07) is 6.56. The highest BCUT2D eigenvalue weighted by molar-refractivity contribution is 6.33. The fourth-order valence-electron chi connectivity index (χ4n) is 1.42. The van der Waals surface area contributed by atoms with Crippen LogP contribution in [0.4, 0.5) is 5.95 Å². The maximum absolute atomic E-state index is 10.9. The molecule has 1 aromatic heterocycles. The summed E-state index contributed by atoms with van der Waals surface area (Å²) in [6.07, 6.45) is 3.25. The first-order valence-corrected chi connectivity index (χ1v) is 5.57. The Balaban J connectivity index is 2.11. The molecule has 0 fully saturated rings. The molecule has 0 aliphatic heterocycles. The number of rotatable bonds is 4. The second-order valence-electron chi connectivity index (χ2n) is 3.55. The lowest BCUT2D eigenvalue weighted by molar-refractivity contribution is 0.0697. The Hall–Kier alpha value is -2.14. The van der Waals surface area contributed by atoms with Crippen LogP contribution >= 0.6 is 11.6 Å². The van der Waals surface area contributed by atoms with Crippen LogP contribution in [0.5, 0.6) is 0 Å². The SMILES string of the molecule is O=C(O)c1cc(CNc2ncccn2)ccc1Cl. The molecule has 0 amide bonds. The lowest BCUT2D eigenvalue weighted by Gasteiger charge is -2.06. The van der Waals surface area contributed by atoms with Crippen LogP contribution in [0.1, 0.15) is 15.9 Å². The second-order valence-corrected chi connectivity index (χ2v) is 3.95. The van der Waals surface area contributed by atoms with Crippen molar-refractivity contribution in [2.75, 3.05) is 5.32 Å². The Morgan fingerprint density at radius 3 is 2.72 bits per heavy atom. The minimum Gasteiger partial charge on any atom is -0.478 e. The molecule has 0 aliphatic rings. The van der Waals surface area contributed by atoms with Gasteiger partial charge in [-0.2, -0.15) is 0 Å². The van der Waals surface area contributed by atoms with Crippen molar-refractivity contribution in [3.63, 3.8) is 0 Å². The predicted molar refractivity (Wildman–Crippen MR) is 67.8 cm³/mol. The van der Waals surface area contributed by atoms with Gasteiger partial charge in [-0.05, 0) is 23.8 Å². The van der Waals surface area contributed by atoms with Gasteiger partial charge in [0, 0.05) is 18.9 Å². The van der Waals surface area contributed by atoms with Gasteiger partial charge in [0.1, 0.15) is 0 Å². The molecule has 0 atom stereocenters. The van der Waals surface area contributed by atoms with Gasteiger partial charge in [-0.25, -0.2) is 14.8 Å². The van der Waals surface area contributed by atoms with Gasteiger partial charge in [-0.1, -0.05) is 17.7 Å². The predicted octanol–water partition coefficient (Wildman–Crippen LogP) is 2.44. The summed E-state index contributed by atoms with van der Waals surface area (Å²) in [7, 11) is 0. The number of hydrogen-bond acceptors (Lipinski definition) is 4. The van der Waals surface area contributed by atoms with Crippen LogP contribution in [0.25, 0.3) is 0 Å². The molecule has 0 saturated carbocycles. The largest absolute Gasteiger partial charge is 0.478 e. The molecule has 5 nitrogen and oxygen atoms in total. The van der Waals surface area contributed by atoms with E-state index in [-0.39, 0.29) is 10.6 Å². The Kier molecular flexibility index (Phi) is 3.74. The van der Waals surface area contributed by atoms with Gasteiger partial charge >= 0.3 is 5.97 Å². The fourth-order valence-corrected chi connectivity index (χ4v) is 1.62. The normalized spacial score (nSPS) is 10.1. The molecule has 0 spiro atoms. The van der Waals surface area contributed by atoms with Crippen LogP contribution < -0.4 is 5.32 Å². The molecule has 0 unspecified atom stereocenters. The quantitative estimate of drug-likeness (QED) is 0.886. The summed E-state index contributed by atoms with van der Waals surface area (Å²) in [4.78, 5) is 18.9. The van der Waals surface area contributed by atoms with E-state index in [1.165, 1.54) is 6.07 Å². The number of nitrogens with zero attached hydrogens (tertiary/aromatic N) is 2. The molecule has 18 heavy (non-hydrogen) atoms. The number of hydrogen-bond donors (Lipinski definition) is 2. The monoisotopic (exact) mass is 263 g/mol. The molecule has 0 bridgehead atoms. The average Bonchev–Trinajstić information content (AvgIpc) is 2.38. The maximum atomic E-state index is 10.9. The number of nitrogens with one attached hydrogen (secondary N) is 1. The summed E-state index contributed by atoms with van der Waals surface area (Å²) in [5.41, 5.74) is 0.884. The molecule has 2 rings (SSSR count). The minimum atomic E-state index is -1.04. The number of carbonyl (C=O) groups is 1. The Morgan fingerprint density at radius 2 is 2.06 bits per heavy atom. The van der Waals surface area contributed by atoms with E-state index in [0.717, 1.165) is 5.56 Å². The lowest BCUT2D eigenvalue weighted by Crippen LogP contribution is -2.05.